The molecule has 0 bridgehead atoms. The lowest BCUT2D eigenvalue weighted by Crippen LogP contribution is -2.30. The molecule has 0 aromatic heterocycles. The molecular weight excluding hydrogens is 150 g/mol. The summed E-state index contributed by atoms with van der Waals surface area (Å²) >= 11 is 0. The highest BCUT2D eigenvalue weighted by Crippen LogP contribution is 2.04. The zero-order chi connectivity index (χ0) is 9.56. The van der Waals surface area contributed by atoms with Crippen molar-refractivity contribution >= 4 is 5.78 Å². The molecule has 1 unspecified atom stereocenters. The number of rotatable bonds is 6. The van der Waals surface area contributed by atoms with Gasteiger partial charge < -0.3 is 9.69 Å². The van der Waals surface area contributed by atoms with E-state index in [1.807, 2.05) is 0 Å². The van der Waals surface area contributed by atoms with Gasteiger partial charge >= 0.3 is 0 Å². The highest BCUT2D eigenvalue weighted by atomic mass is 16.1. The van der Waals surface area contributed by atoms with Crippen molar-refractivity contribution in [3.8, 4) is 0 Å². The summed E-state index contributed by atoms with van der Waals surface area (Å²) < 4.78 is 0. The van der Waals surface area contributed by atoms with Gasteiger partial charge in [0.1, 0.15) is 5.78 Å². The summed E-state index contributed by atoms with van der Waals surface area (Å²) in [6, 6.07) is 0.536. The van der Waals surface area contributed by atoms with Crippen LogP contribution in [0.5, 0.6) is 0 Å². The molecule has 0 amide bonds. The minimum absolute atomic E-state index is 0.298. The van der Waals surface area contributed by atoms with Gasteiger partial charge in [0.05, 0.1) is 0 Å². The molecule has 0 aliphatic heterocycles. The molecule has 0 aliphatic rings. The minimum atomic E-state index is 0.298. The molecule has 0 saturated heterocycles. The van der Waals surface area contributed by atoms with Gasteiger partial charge in [-0.1, -0.05) is 6.92 Å². The molecule has 12 heavy (non-hydrogen) atoms. The molecule has 0 rings (SSSR count). The van der Waals surface area contributed by atoms with Gasteiger partial charge in [0.25, 0.3) is 0 Å². The summed E-state index contributed by atoms with van der Waals surface area (Å²) in [7, 11) is 2.12. The van der Waals surface area contributed by atoms with E-state index < -0.39 is 0 Å². The van der Waals surface area contributed by atoms with Crippen LogP contribution in [0.25, 0.3) is 0 Å². The second kappa shape index (κ2) is 6.18. The standard InChI is InChI=1S/C10H21NO/c1-5-8-11(4)9(2)6-7-10(3)12/h9H,5-8H2,1-4H3. The maximum absolute atomic E-state index is 10.7. The lowest BCUT2D eigenvalue weighted by molar-refractivity contribution is -0.117. The molecule has 0 aliphatic carbocycles. The van der Waals surface area contributed by atoms with Gasteiger partial charge in [-0.15, -0.1) is 0 Å². The maximum atomic E-state index is 10.7. The van der Waals surface area contributed by atoms with E-state index in [1.165, 1.54) is 6.42 Å². The van der Waals surface area contributed by atoms with E-state index in [-0.39, 0.29) is 0 Å². The second-order valence-corrected chi connectivity index (χ2v) is 3.57. The lowest BCUT2D eigenvalue weighted by atomic mass is 10.1. The Morgan fingerprint density at radius 1 is 1.50 bits per heavy atom. The van der Waals surface area contributed by atoms with E-state index in [0.717, 1.165) is 19.4 Å². The Labute approximate surface area is 75.9 Å². The number of nitrogens with zero attached hydrogens (tertiary/aromatic N) is 1. The van der Waals surface area contributed by atoms with Crippen LogP contribution in [0.1, 0.15) is 40.0 Å². The fraction of sp³-hybridized carbons (Fsp3) is 0.900. The van der Waals surface area contributed by atoms with Crippen molar-refractivity contribution in [3.05, 3.63) is 0 Å². The van der Waals surface area contributed by atoms with Crippen LogP contribution in [-0.4, -0.2) is 30.3 Å². The zero-order valence-corrected chi connectivity index (χ0v) is 8.76. The van der Waals surface area contributed by atoms with E-state index in [0.29, 0.717) is 11.8 Å². The van der Waals surface area contributed by atoms with Gasteiger partial charge in [-0.3, -0.25) is 0 Å². The van der Waals surface area contributed by atoms with Gasteiger partial charge in [0.2, 0.25) is 0 Å². The Morgan fingerprint density at radius 2 is 2.08 bits per heavy atom. The summed E-state index contributed by atoms with van der Waals surface area (Å²) in [5, 5.41) is 0. The Morgan fingerprint density at radius 3 is 2.50 bits per heavy atom. The third kappa shape index (κ3) is 5.30. The molecule has 0 spiro atoms. The zero-order valence-electron chi connectivity index (χ0n) is 8.76. The summed E-state index contributed by atoms with van der Waals surface area (Å²) in [5.74, 6) is 0.298. The molecule has 0 radical (unpaired) electrons. The van der Waals surface area contributed by atoms with Gasteiger partial charge in [-0.05, 0) is 40.3 Å². The summed E-state index contributed by atoms with van der Waals surface area (Å²) in [6.07, 6.45) is 2.89. The molecular formula is C10H21NO. The van der Waals surface area contributed by atoms with E-state index in [1.54, 1.807) is 6.92 Å². The smallest absolute Gasteiger partial charge is 0.129 e. The summed E-state index contributed by atoms with van der Waals surface area (Å²) in [6.45, 7) is 7.14. The first kappa shape index (κ1) is 11.6. The monoisotopic (exact) mass is 171 g/mol. The molecule has 0 fully saturated rings. The number of Topliss-reactive ketones (excluding diaryl/α,β-unsaturated/α-hetero) is 1. The first-order valence-electron chi connectivity index (χ1n) is 4.77. The van der Waals surface area contributed by atoms with Crippen molar-refractivity contribution in [2.75, 3.05) is 13.6 Å². The topological polar surface area (TPSA) is 20.3 Å². The second-order valence-electron chi connectivity index (χ2n) is 3.57. The van der Waals surface area contributed by atoms with Crippen molar-refractivity contribution in [1.82, 2.24) is 4.90 Å². The average Bonchev–Trinajstić information content (AvgIpc) is 2.00. The molecule has 0 aromatic carbocycles. The van der Waals surface area contributed by atoms with Crippen LogP contribution in [0.2, 0.25) is 0 Å². The van der Waals surface area contributed by atoms with E-state index in [2.05, 4.69) is 25.8 Å². The average molecular weight is 171 g/mol. The number of ketones is 1. The van der Waals surface area contributed by atoms with Crippen molar-refractivity contribution in [3.63, 3.8) is 0 Å². The van der Waals surface area contributed by atoms with Crippen LogP contribution in [0.15, 0.2) is 0 Å². The van der Waals surface area contributed by atoms with Crippen LogP contribution in [0, 0.1) is 0 Å². The van der Waals surface area contributed by atoms with E-state index in [9.17, 15) is 4.79 Å². The van der Waals surface area contributed by atoms with Gasteiger partial charge in [-0.2, -0.15) is 0 Å². The number of hydrogen-bond donors (Lipinski definition) is 0. The van der Waals surface area contributed by atoms with Crippen molar-refractivity contribution in [2.45, 2.75) is 46.1 Å². The van der Waals surface area contributed by atoms with Gasteiger partial charge in [-0.25, -0.2) is 0 Å². The Balaban J connectivity index is 3.55. The van der Waals surface area contributed by atoms with Crippen LogP contribution >= 0.6 is 0 Å². The fourth-order valence-electron chi connectivity index (χ4n) is 1.21. The SMILES string of the molecule is CCCN(C)C(C)CCC(C)=O. The van der Waals surface area contributed by atoms with Crippen molar-refractivity contribution in [1.29, 1.82) is 0 Å². The van der Waals surface area contributed by atoms with Crippen LogP contribution in [-0.2, 0) is 4.79 Å². The number of carbonyl (C=O) groups excluding carboxylic acids is 1. The van der Waals surface area contributed by atoms with Crippen molar-refractivity contribution in [2.24, 2.45) is 0 Å². The Kier molecular flexibility index (Phi) is 5.99. The molecule has 0 saturated carbocycles. The highest BCUT2D eigenvalue weighted by molar-refractivity contribution is 5.75. The quantitative estimate of drug-likeness (QED) is 0.610. The van der Waals surface area contributed by atoms with E-state index >= 15 is 0 Å². The lowest BCUT2D eigenvalue weighted by Gasteiger charge is -2.23. The predicted molar refractivity (Wildman–Crippen MR) is 52.3 cm³/mol. The first-order chi connectivity index (χ1) is 5.57. The predicted octanol–water partition coefficient (Wildman–Crippen LogP) is 2.09. The molecule has 2 heteroatoms. The molecule has 0 N–H and O–H groups in total. The van der Waals surface area contributed by atoms with Crippen LogP contribution in [0.4, 0.5) is 0 Å². The number of carbonyl (C=O) groups is 1. The third-order valence-electron chi connectivity index (χ3n) is 2.24. The van der Waals surface area contributed by atoms with E-state index in [4.69, 9.17) is 0 Å². The summed E-state index contributed by atoms with van der Waals surface area (Å²) in [5.41, 5.74) is 0. The molecule has 0 heterocycles. The molecule has 2 nitrogen and oxygen atoms in total. The maximum Gasteiger partial charge on any atom is 0.129 e. The van der Waals surface area contributed by atoms with Crippen molar-refractivity contribution < 1.29 is 4.79 Å². The number of hydrogen-bond acceptors (Lipinski definition) is 2. The first-order valence-corrected chi connectivity index (χ1v) is 4.77. The highest BCUT2D eigenvalue weighted by Gasteiger charge is 2.08. The Bertz CT molecular complexity index is 134. The van der Waals surface area contributed by atoms with Gasteiger partial charge in [0.15, 0.2) is 0 Å². The minimum Gasteiger partial charge on any atom is -0.304 e. The van der Waals surface area contributed by atoms with Crippen LogP contribution in [0.3, 0.4) is 0 Å². The largest absolute Gasteiger partial charge is 0.304 e. The van der Waals surface area contributed by atoms with Crippen LogP contribution < -0.4 is 0 Å². The fourth-order valence-corrected chi connectivity index (χ4v) is 1.21. The molecule has 0 aromatic rings. The Hall–Kier alpha value is -0.370. The molecule has 1 atom stereocenters. The third-order valence-corrected chi connectivity index (χ3v) is 2.24. The summed E-state index contributed by atoms with van der Waals surface area (Å²) in [4.78, 5) is 13.0. The van der Waals surface area contributed by atoms with Gasteiger partial charge in [0, 0.05) is 12.5 Å². The normalized spacial score (nSPS) is 13.4. The molecule has 72 valence electrons.